The Morgan fingerprint density at radius 1 is 1.31 bits per heavy atom. The van der Waals surface area contributed by atoms with Crippen LogP contribution in [0.4, 0.5) is 0 Å². The molecule has 0 aliphatic carbocycles. The third kappa shape index (κ3) is 1.67. The normalized spacial score (nSPS) is 10.8. The standard InChI is InChI=1S/C12H8NO2S/c1-4-10(12-11(5-1)15-8-13-12)14-7-9-3-2-6-16-9/h1-6H,7H2. The van der Waals surface area contributed by atoms with E-state index in [1.165, 1.54) is 4.88 Å². The predicted molar refractivity (Wildman–Crippen MR) is 61.5 cm³/mol. The van der Waals surface area contributed by atoms with E-state index in [1.54, 1.807) is 11.3 Å². The van der Waals surface area contributed by atoms with Gasteiger partial charge in [-0.2, -0.15) is 0 Å². The van der Waals surface area contributed by atoms with Gasteiger partial charge in [0.05, 0.1) is 0 Å². The highest BCUT2D eigenvalue weighted by Gasteiger charge is 2.06. The summed E-state index contributed by atoms with van der Waals surface area (Å²) in [5.74, 6) is 0.732. The maximum Gasteiger partial charge on any atom is 0.284 e. The van der Waals surface area contributed by atoms with Gasteiger partial charge in [-0.3, -0.25) is 0 Å². The Balaban J connectivity index is 1.86. The summed E-state index contributed by atoms with van der Waals surface area (Å²) >= 11 is 1.67. The van der Waals surface area contributed by atoms with Gasteiger partial charge < -0.3 is 9.15 Å². The van der Waals surface area contributed by atoms with E-state index < -0.39 is 0 Å². The summed E-state index contributed by atoms with van der Waals surface area (Å²) in [5.41, 5.74) is 1.42. The molecule has 0 atom stereocenters. The molecular formula is C12H8NO2S. The zero-order chi connectivity index (χ0) is 10.8. The summed E-state index contributed by atoms with van der Waals surface area (Å²) in [7, 11) is 0. The minimum atomic E-state index is 0.559. The van der Waals surface area contributed by atoms with Crippen LogP contribution in [-0.2, 0) is 6.61 Å². The third-order valence-electron chi connectivity index (χ3n) is 2.23. The van der Waals surface area contributed by atoms with Crippen LogP contribution >= 0.6 is 11.3 Å². The lowest BCUT2D eigenvalue weighted by Gasteiger charge is -2.04. The van der Waals surface area contributed by atoms with Crippen molar-refractivity contribution in [3.05, 3.63) is 47.0 Å². The largest absolute Gasteiger partial charge is 0.486 e. The molecule has 4 heteroatoms. The molecule has 79 valence electrons. The van der Waals surface area contributed by atoms with Gasteiger partial charge in [0.2, 0.25) is 0 Å². The molecule has 0 amide bonds. The van der Waals surface area contributed by atoms with Crippen LogP contribution < -0.4 is 4.74 Å². The van der Waals surface area contributed by atoms with Crippen LogP contribution in [0, 0.1) is 6.39 Å². The average molecular weight is 230 g/mol. The highest BCUT2D eigenvalue weighted by molar-refractivity contribution is 7.09. The molecule has 0 unspecified atom stereocenters. The number of hydrogen-bond donors (Lipinski definition) is 0. The van der Waals surface area contributed by atoms with Crippen molar-refractivity contribution < 1.29 is 9.15 Å². The van der Waals surface area contributed by atoms with Crippen molar-refractivity contribution >= 4 is 22.4 Å². The third-order valence-corrected chi connectivity index (χ3v) is 3.07. The number of aromatic nitrogens is 1. The molecule has 0 aliphatic rings. The molecule has 16 heavy (non-hydrogen) atoms. The second kappa shape index (κ2) is 3.98. The van der Waals surface area contributed by atoms with Gasteiger partial charge in [0, 0.05) is 4.88 Å². The number of para-hydroxylation sites is 1. The summed E-state index contributed by atoms with van der Waals surface area (Å²) in [6.07, 6.45) is 2.47. The first kappa shape index (κ1) is 9.42. The first-order chi connectivity index (χ1) is 7.93. The van der Waals surface area contributed by atoms with Crippen LogP contribution in [0.1, 0.15) is 4.88 Å². The lowest BCUT2D eigenvalue weighted by Crippen LogP contribution is -1.93. The van der Waals surface area contributed by atoms with Crippen molar-refractivity contribution in [3.63, 3.8) is 0 Å². The maximum absolute atomic E-state index is 5.69. The van der Waals surface area contributed by atoms with E-state index in [4.69, 9.17) is 9.15 Å². The van der Waals surface area contributed by atoms with Crippen molar-refractivity contribution in [1.82, 2.24) is 4.98 Å². The molecule has 1 radical (unpaired) electrons. The lowest BCUT2D eigenvalue weighted by atomic mass is 10.3. The Morgan fingerprint density at radius 3 is 3.19 bits per heavy atom. The Morgan fingerprint density at radius 2 is 2.31 bits per heavy atom. The number of fused-ring (bicyclic) bond motifs is 1. The molecule has 2 heterocycles. The van der Waals surface area contributed by atoms with Crippen LogP contribution in [-0.4, -0.2) is 4.98 Å². The Hall–Kier alpha value is -1.81. The van der Waals surface area contributed by atoms with E-state index in [2.05, 4.69) is 11.4 Å². The van der Waals surface area contributed by atoms with Crippen LogP contribution in [0.5, 0.6) is 5.75 Å². The molecule has 0 spiro atoms. The van der Waals surface area contributed by atoms with Crippen molar-refractivity contribution in [1.29, 1.82) is 0 Å². The van der Waals surface area contributed by atoms with E-state index in [0.29, 0.717) is 12.2 Å². The van der Waals surface area contributed by atoms with Gasteiger partial charge in [0.25, 0.3) is 6.39 Å². The number of thiophene rings is 1. The van der Waals surface area contributed by atoms with Crippen LogP contribution in [0.25, 0.3) is 11.1 Å². The number of nitrogens with zero attached hydrogens (tertiary/aromatic N) is 1. The molecule has 3 rings (SSSR count). The van der Waals surface area contributed by atoms with Crippen molar-refractivity contribution in [2.45, 2.75) is 6.61 Å². The summed E-state index contributed by atoms with van der Waals surface area (Å²) in [6, 6.07) is 9.65. The van der Waals surface area contributed by atoms with Crippen LogP contribution in [0.2, 0.25) is 0 Å². The zero-order valence-corrected chi connectivity index (χ0v) is 9.16. The summed E-state index contributed by atoms with van der Waals surface area (Å²) in [4.78, 5) is 5.19. The van der Waals surface area contributed by atoms with Gasteiger partial charge in [0.15, 0.2) is 11.1 Å². The highest BCUT2D eigenvalue weighted by atomic mass is 32.1. The monoisotopic (exact) mass is 230 g/mol. The molecule has 0 N–H and O–H groups in total. The molecule has 0 aliphatic heterocycles. The topological polar surface area (TPSA) is 35.3 Å². The van der Waals surface area contributed by atoms with Crippen molar-refractivity contribution in [3.8, 4) is 5.75 Å². The van der Waals surface area contributed by atoms with Gasteiger partial charge in [-0.1, -0.05) is 12.1 Å². The lowest BCUT2D eigenvalue weighted by molar-refractivity contribution is 0.313. The molecule has 0 saturated carbocycles. The molecular weight excluding hydrogens is 222 g/mol. The van der Waals surface area contributed by atoms with Gasteiger partial charge in [-0.15, -0.1) is 11.3 Å². The Kier molecular flexibility index (Phi) is 2.34. The second-order valence-electron chi connectivity index (χ2n) is 3.28. The minimum Gasteiger partial charge on any atom is -0.486 e. The number of oxazole rings is 1. The number of benzene rings is 1. The van der Waals surface area contributed by atoms with Crippen molar-refractivity contribution in [2.24, 2.45) is 0 Å². The number of hydrogen-bond acceptors (Lipinski definition) is 4. The smallest absolute Gasteiger partial charge is 0.284 e. The molecule has 1 aromatic carbocycles. The summed E-state index contributed by atoms with van der Waals surface area (Å²) < 4.78 is 10.8. The van der Waals surface area contributed by atoms with Crippen molar-refractivity contribution in [2.75, 3.05) is 0 Å². The maximum atomic E-state index is 5.69. The average Bonchev–Trinajstić information content (AvgIpc) is 2.97. The van der Waals surface area contributed by atoms with Gasteiger partial charge >= 0.3 is 0 Å². The second-order valence-corrected chi connectivity index (χ2v) is 4.31. The quantitative estimate of drug-likeness (QED) is 0.692. The molecule has 2 aromatic heterocycles. The van der Waals surface area contributed by atoms with Crippen LogP contribution in [0.3, 0.4) is 0 Å². The van der Waals surface area contributed by atoms with Gasteiger partial charge in [0.1, 0.15) is 12.4 Å². The summed E-state index contributed by atoms with van der Waals surface area (Å²) in [5, 5.41) is 2.03. The first-order valence-corrected chi connectivity index (χ1v) is 5.72. The number of rotatable bonds is 3. The first-order valence-electron chi connectivity index (χ1n) is 4.84. The van der Waals surface area contributed by atoms with Gasteiger partial charge in [-0.05, 0) is 23.6 Å². The van der Waals surface area contributed by atoms with Crippen LogP contribution in [0.15, 0.2) is 40.1 Å². The van der Waals surface area contributed by atoms with E-state index in [9.17, 15) is 0 Å². The predicted octanol–water partition coefficient (Wildman–Crippen LogP) is 3.27. The molecule has 3 aromatic rings. The van der Waals surface area contributed by atoms with E-state index in [0.717, 1.165) is 11.3 Å². The minimum absolute atomic E-state index is 0.559. The Bertz CT molecular complexity index is 586. The molecule has 3 nitrogen and oxygen atoms in total. The Labute approximate surface area is 96.3 Å². The summed E-state index contributed by atoms with van der Waals surface area (Å²) in [6.45, 7) is 0.559. The fourth-order valence-corrected chi connectivity index (χ4v) is 2.09. The van der Waals surface area contributed by atoms with E-state index in [1.807, 2.05) is 35.7 Å². The molecule has 0 fully saturated rings. The SMILES string of the molecule is [c]1nc2c(OCc3cccs3)cccc2o1. The highest BCUT2D eigenvalue weighted by Crippen LogP contribution is 2.24. The number of ether oxygens (including phenoxy) is 1. The molecule has 0 saturated heterocycles. The fraction of sp³-hybridized carbons (Fsp3) is 0.0833. The van der Waals surface area contributed by atoms with E-state index in [-0.39, 0.29) is 0 Å². The molecule has 0 bridgehead atoms. The zero-order valence-electron chi connectivity index (χ0n) is 8.34. The van der Waals surface area contributed by atoms with E-state index >= 15 is 0 Å². The fourth-order valence-electron chi connectivity index (χ4n) is 1.47. The van der Waals surface area contributed by atoms with Gasteiger partial charge in [-0.25, -0.2) is 4.98 Å².